The Bertz CT molecular complexity index is 314. The minimum absolute atomic E-state index is 0.0129. The Kier molecular flexibility index (Phi) is 5.31. The summed E-state index contributed by atoms with van der Waals surface area (Å²) in [7, 11) is 1.56. The highest BCUT2D eigenvalue weighted by Gasteiger charge is 2.17. The number of hydrogen-bond donors (Lipinski definition) is 2. The second kappa shape index (κ2) is 6.52. The molecular weight excluding hydrogens is 214 g/mol. The summed E-state index contributed by atoms with van der Waals surface area (Å²) in [6.45, 7) is 1.08. The summed E-state index contributed by atoms with van der Waals surface area (Å²) in [4.78, 5) is 0. The van der Waals surface area contributed by atoms with Crippen molar-refractivity contribution < 1.29 is 13.5 Å². The van der Waals surface area contributed by atoms with Crippen molar-refractivity contribution in [3.05, 3.63) is 35.4 Å². The van der Waals surface area contributed by atoms with Crippen molar-refractivity contribution in [1.82, 2.24) is 5.32 Å². The van der Waals surface area contributed by atoms with Gasteiger partial charge in [-0.2, -0.15) is 0 Å². The lowest BCUT2D eigenvalue weighted by Crippen LogP contribution is -2.32. The monoisotopic (exact) mass is 230 g/mol. The lowest BCUT2D eigenvalue weighted by molar-refractivity contribution is 0.195. The summed E-state index contributed by atoms with van der Waals surface area (Å²) in [5.74, 6) is -1.17. The molecule has 0 aliphatic carbocycles. The molecule has 1 unspecified atom stereocenters. The summed E-state index contributed by atoms with van der Waals surface area (Å²) in [6.07, 6.45) is 0. The molecule has 1 aromatic rings. The zero-order valence-corrected chi connectivity index (χ0v) is 9.17. The predicted molar refractivity (Wildman–Crippen MR) is 58.0 cm³/mol. The standard InChI is InChI=1S/C11H16F2N2O/c1-16-6-5-15-10(7-14)11-8(12)3-2-4-9(11)13/h2-4,10,15H,5-7,14H2,1H3. The van der Waals surface area contributed by atoms with E-state index in [1.54, 1.807) is 7.11 Å². The molecule has 3 nitrogen and oxygen atoms in total. The zero-order chi connectivity index (χ0) is 12.0. The van der Waals surface area contributed by atoms with E-state index in [-0.39, 0.29) is 12.1 Å². The van der Waals surface area contributed by atoms with Gasteiger partial charge in [-0.05, 0) is 12.1 Å². The van der Waals surface area contributed by atoms with Crippen molar-refractivity contribution in [3.63, 3.8) is 0 Å². The molecule has 0 aliphatic rings. The highest BCUT2D eigenvalue weighted by Crippen LogP contribution is 2.19. The quantitative estimate of drug-likeness (QED) is 0.722. The molecule has 90 valence electrons. The molecule has 0 saturated heterocycles. The van der Waals surface area contributed by atoms with E-state index in [4.69, 9.17) is 10.5 Å². The molecule has 1 rings (SSSR count). The minimum atomic E-state index is -0.583. The molecule has 16 heavy (non-hydrogen) atoms. The zero-order valence-electron chi connectivity index (χ0n) is 9.17. The molecule has 0 heterocycles. The maximum Gasteiger partial charge on any atom is 0.130 e. The summed E-state index contributed by atoms with van der Waals surface area (Å²) >= 11 is 0. The summed E-state index contributed by atoms with van der Waals surface area (Å²) in [5, 5.41) is 2.94. The number of hydrogen-bond acceptors (Lipinski definition) is 3. The fraction of sp³-hybridized carbons (Fsp3) is 0.455. The van der Waals surface area contributed by atoms with Gasteiger partial charge in [-0.15, -0.1) is 0 Å². The lowest BCUT2D eigenvalue weighted by Gasteiger charge is -2.18. The van der Waals surface area contributed by atoms with Gasteiger partial charge in [0.15, 0.2) is 0 Å². The first kappa shape index (κ1) is 13.0. The van der Waals surface area contributed by atoms with Crippen LogP contribution in [0.4, 0.5) is 8.78 Å². The maximum atomic E-state index is 13.4. The van der Waals surface area contributed by atoms with Crippen molar-refractivity contribution in [2.45, 2.75) is 6.04 Å². The molecule has 0 fully saturated rings. The molecule has 0 spiro atoms. The van der Waals surface area contributed by atoms with E-state index in [1.807, 2.05) is 0 Å². The predicted octanol–water partition coefficient (Wildman–Crippen LogP) is 1.20. The molecule has 1 aromatic carbocycles. The van der Waals surface area contributed by atoms with Gasteiger partial charge in [-0.25, -0.2) is 8.78 Å². The number of nitrogens with two attached hydrogens (primary N) is 1. The SMILES string of the molecule is COCCNC(CN)c1c(F)cccc1F. The topological polar surface area (TPSA) is 47.3 Å². The third-order valence-corrected chi connectivity index (χ3v) is 2.28. The largest absolute Gasteiger partial charge is 0.383 e. The molecular formula is C11H16F2N2O. The Balaban J connectivity index is 2.78. The lowest BCUT2D eigenvalue weighted by atomic mass is 10.1. The molecule has 0 saturated carbocycles. The molecule has 3 N–H and O–H groups in total. The average molecular weight is 230 g/mol. The summed E-state index contributed by atoms with van der Waals surface area (Å²) in [6, 6.07) is 3.24. The Labute approximate surface area is 93.6 Å². The highest BCUT2D eigenvalue weighted by molar-refractivity contribution is 5.23. The third kappa shape index (κ3) is 3.23. The second-order valence-corrected chi connectivity index (χ2v) is 3.37. The van der Waals surface area contributed by atoms with Gasteiger partial charge in [-0.1, -0.05) is 6.07 Å². The number of rotatable bonds is 6. The first-order valence-corrected chi connectivity index (χ1v) is 5.07. The molecule has 0 bridgehead atoms. The van der Waals surface area contributed by atoms with E-state index in [0.717, 1.165) is 0 Å². The van der Waals surface area contributed by atoms with Gasteiger partial charge in [0.2, 0.25) is 0 Å². The van der Waals surface area contributed by atoms with Crippen LogP contribution < -0.4 is 11.1 Å². The van der Waals surface area contributed by atoms with Crippen LogP contribution in [0, 0.1) is 11.6 Å². The molecule has 0 radical (unpaired) electrons. The van der Waals surface area contributed by atoms with Crippen molar-refractivity contribution in [1.29, 1.82) is 0 Å². The van der Waals surface area contributed by atoms with E-state index >= 15 is 0 Å². The maximum absolute atomic E-state index is 13.4. The van der Waals surface area contributed by atoms with Crippen LogP contribution in [0.5, 0.6) is 0 Å². The number of halogens is 2. The molecule has 0 amide bonds. The minimum Gasteiger partial charge on any atom is -0.383 e. The molecule has 0 aliphatic heterocycles. The van der Waals surface area contributed by atoms with Gasteiger partial charge in [0, 0.05) is 25.8 Å². The van der Waals surface area contributed by atoms with E-state index in [9.17, 15) is 8.78 Å². The van der Waals surface area contributed by atoms with Crippen LogP contribution in [0.2, 0.25) is 0 Å². The van der Waals surface area contributed by atoms with Crippen LogP contribution >= 0.6 is 0 Å². The normalized spacial score (nSPS) is 12.8. The van der Waals surface area contributed by atoms with Gasteiger partial charge in [0.1, 0.15) is 11.6 Å². The smallest absolute Gasteiger partial charge is 0.130 e. The average Bonchev–Trinajstić information content (AvgIpc) is 2.26. The van der Waals surface area contributed by atoms with Crippen molar-refractivity contribution >= 4 is 0 Å². The summed E-state index contributed by atoms with van der Waals surface area (Å²) in [5.41, 5.74) is 5.48. The molecule has 5 heteroatoms. The van der Waals surface area contributed by atoms with Crippen LogP contribution in [0.1, 0.15) is 11.6 Å². The van der Waals surface area contributed by atoms with Gasteiger partial charge < -0.3 is 15.8 Å². The Hall–Kier alpha value is -1.04. The van der Waals surface area contributed by atoms with E-state index < -0.39 is 17.7 Å². The fourth-order valence-electron chi connectivity index (χ4n) is 1.48. The number of nitrogens with one attached hydrogen (secondary N) is 1. The van der Waals surface area contributed by atoms with Crippen molar-refractivity contribution in [2.24, 2.45) is 5.73 Å². The van der Waals surface area contributed by atoms with Crippen LogP contribution in [0.25, 0.3) is 0 Å². The van der Waals surface area contributed by atoms with Crippen molar-refractivity contribution in [3.8, 4) is 0 Å². The number of benzene rings is 1. The van der Waals surface area contributed by atoms with Crippen LogP contribution in [0.15, 0.2) is 18.2 Å². The Morgan fingerprint density at radius 2 is 2.00 bits per heavy atom. The Morgan fingerprint density at radius 3 is 2.50 bits per heavy atom. The van der Waals surface area contributed by atoms with Crippen LogP contribution in [-0.2, 0) is 4.74 Å². The molecule has 0 aromatic heterocycles. The highest BCUT2D eigenvalue weighted by atomic mass is 19.1. The molecule has 1 atom stereocenters. The van der Waals surface area contributed by atoms with Crippen LogP contribution in [0.3, 0.4) is 0 Å². The van der Waals surface area contributed by atoms with Gasteiger partial charge >= 0.3 is 0 Å². The van der Waals surface area contributed by atoms with E-state index in [1.165, 1.54) is 18.2 Å². The van der Waals surface area contributed by atoms with Crippen molar-refractivity contribution in [2.75, 3.05) is 26.8 Å². The third-order valence-electron chi connectivity index (χ3n) is 2.28. The van der Waals surface area contributed by atoms with E-state index in [0.29, 0.717) is 13.2 Å². The van der Waals surface area contributed by atoms with Gasteiger partial charge in [0.25, 0.3) is 0 Å². The van der Waals surface area contributed by atoms with Gasteiger partial charge in [0.05, 0.1) is 12.6 Å². The van der Waals surface area contributed by atoms with Crippen LogP contribution in [-0.4, -0.2) is 26.8 Å². The Morgan fingerprint density at radius 1 is 1.38 bits per heavy atom. The number of methoxy groups -OCH3 is 1. The first-order chi connectivity index (χ1) is 7.70. The fourth-order valence-corrected chi connectivity index (χ4v) is 1.48. The van der Waals surface area contributed by atoms with E-state index in [2.05, 4.69) is 5.32 Å². The summed E-state index contributed by atoms with van der Waals surface area (Å²) < 4.78 is 31.7. The second-order valence-electron chi connectivity index (χ2n) is 3.37. The number of ether oxygens (including phenoxy) is 1. The first-order valence-electron chi connectivity index (χ1n) is 5.07. The van der Waals surface area contributed by atoms with Gasteiger partial charge in [-0.3, -0.25) is 0 Å².